The molecular formula is C10H10ClFN2O. The van der Waals surface area contributed by atoms with E-state index in [1.165, 1.54) is 12.1 Å². The number of hydrogen-bond donors (Lipinski definition) is 2. The van der Waals surface area contributed by atoms with Crippen LogP contribution in [0.15, 0.2) is 29.8 Å². The lowest BCUT2D eigenvalue weighted by Gasteiger charge is -2.04. The standard InChI is InChI=1S/C10H10ClFN2O/c1-6(11)5-14-10(15)7-2-3-8(12)9(13)4-7/h2-4H,1,5,13H2,(H,14,15). The van der Waals surface area contributed by atoms with Crippen LogP contribution in [0.5, 0.6) is 0 Å². The highest BCUT2D eigenvalue weighted by atomic mass is 35.5. The number of nitrogens with one attached hydrogen (secondary N) is 1. The Morgan fingerprint density at radius 3 is 2.80 bits per heavy atom. The van der Waals surface area contributed by atoms with Crippen LogP contribution in [-0.2, 0) is 0 Å². The number of nitrogen functional groups attached to an aromatic ring is 1. The summed E-state index contributed by atoms with van der Waals surface area (Å²) in [6, 6.07) is 3.75. The number of rotatable bonds is 3. The maximum Gasteiger partial charge on any atom is 0.251 e. The summed E-state index contributed by atoms with van der Waals surface area (Å²) in [7, 11) is 0. The largest absolute Gasteiger partial charge is 0.396 e. The minimum Gasteiger partial charge on any atom is -0.396 e. The lowest BCUT2D eigenvalue weighted by molar-refractivity contribution is 0.0957. The lowest BCUT2D eigenvalue weighted by Crippen LogP contribution is -2.24. The van der Waals surface area contributed by atoms with Gasteiger partial charge in [0, 0.05) is 10.6 Å². The average Bonchev–Trinajstić information content (AvgIpc) is 2.18. The fraction of sp³-hybridized carbons (Fsp3) is 0.100. The van der Waals surface area contributed by atoms with Crippen LogP contribution in [0, 0.1) is 5.82 Å². The van der Waals surface area contributed by atoms with E-state index in [4.69, 9.17) is 17.3 Å². The molecule has 0 aliphatic heterocycles. The van der Waals surface area contributed by atoms with Crippen molar-refractivity contribution in [1.82, 2.24) is 5.32 Å². The molecule has 1 aromatic carbocycles. The second-order valence-electron chi connectivity index (χ2n) is 2.94. The third-order valence-electron chi connectivity index (χ3n) is 1.70. The molecule has 15 heavy (non-hydrogen) atoms. The summed E-state index contributed by atoms with van der Waals surface area (Å²) in [6.07, 6.45) is 0. The van der Waals surface area contributed by atoms with Gasteiger partial charge in [-0.2, -0.15) is 0 Å². The number of nitrogens with two attached hydrogens (primary N) is 1. The van der Waals surface area contributed by atoms with Crippen LogP contribution in [0.3, 0.4) is 0 Å². The van der Waals surface area contributed by atoms with E-state index in [0.29, 0.717) is 5.03 Å². The first kappa shape index (κ1) is 11.5. The summed E-state index contributed by atoms with van der Waals surface area (Å²) in [6.45, 7) is 3.58. The van der Waals surface area contributed by atoms with E-state index in [9.17, 15) is 9.18 Å². The number of hydrogen-bond acceptors (Lipinski definition) is 2. The predicted molar refractivity (Wildman–Crippen MR) is 58.1 cm³/mol. The zero-order valence-corrected chi connectivity index (χ0v) is 8.64. The fourth-order valence-electron chi connectivity index (χ4n) is 0.963. The molecule has 0 saturated heterocycles. The van der Waals surface area contributed by atoms with E-state index < -0.39 is 5.82 Å². The van der Waals surface area contributed by atoms with Gasteiger partial charge in [-0.3, -0.25) is 4.79 Å². The van der Waals surface area contributed by atoms with Crippen molar-refractivity contribution in [2.75, 3.05) is 12.3 Å². The topological polar surface area (TPSA) is 55.1 Å². The Kier molecular flexibility index (Phi) is 3.68. The van der Waals surface area contributed by atoms with Gasteiger partial charge in [0.15, 0.2) is 0 Å². The molecule has 0 aliphatic rings. The Morgan fingerprint density at radius 2 is 2.27 bits per heavy atom. The molecule has 0 bridgehead atoms. The molecule has 1 aromatic rings. The molecule has 0 radical (unpaired) electrons. The third-order valence-corrected chi connectivity index (χ3v) is 1.83. The minimum absolute atomic E-state index is 0.0626. The Morgan fingerprint density at radius 1 is 1.60 bits per heavy atom. The number of amides is 1. The van der Waals surface area contributed by atoms with E-state index in [0.717, 1.165) is 6.07 Å². The minimum atomic E-state index is -0.548. The van der Waals surface area contributed by atoms with Gasteiger partial charge < -0.3 is 11.1 Å². The van der Waals surface area contributed by atoms with Gasteiger partial charge in [-0.05, 0) is 18.2 Å². The van der Waals surface area contributed by atoms with Gasteiger partial charge in [0.1, 0.15) is 5.82 Å². The van der Waals surface area contributed by atoms with Gasteiger partial charge in [-0.25, -0.2) is 4.39 Å². The van der Waals surface area contributed by atoms with Crippen LogP contribution in [0.25, 0.3) is 0 Å². The number of carbonyl (C=O) groups is 1. The Labute approximate surface area is 91.7 Å². The van der Waals surface area contributed by atoms with Crippen LogP contribution in [0.1, 0.15) is 10.4 Å². The van der Waals surface area contributed by atoms with Gasteiger partial charge >= 0.3 is 0 Å². The second-order valence-corrected chi connectivity index (χ2v) is 3.47. The molecule has 0 heterocycles. The van der Waals surface area contributed by atoms with Crippen molar-refractivity contribution in [2.45, 2.75) is 0 Å². The molecule has 80 valence electrons. The maximum atomic E-state index is 12.8. The van der Waals surface area contributed by atoms with Crippen molar-refractivity contribution >= 4 is 23.2 Å². The van der Waals surface area contributed by atoms with Crippen molar-refractivity contribution in [3.63, 3.8) is 0 Å². The molecule has 5 heteroatoms. The van der Waals surface area contributed by atoms with E-state index >= 15 is 0 Å². The van der Waals surface area contributed by atoms with Crippen molar-refractivity contribution in [1.29, 1.82) is 0 Å². The summed E-state index contributed by atoms with van der Waals surface area (Å²) >= 11 is 5.47. The number of halogens is 2. The molecule has 0 aromatic heterocycles. The smallest absolute Gasteiger partial charge is 0.251 e. The van der Waals surface area contributed by atoms with E-state index in [1.54, 1.807) is 0 Å². The molecule has 3 N–H and O–H groups in total. The van der Waals surface area contributed by atoms with Gasteiger partial charge in [-0.1, -0.05) is 18.2 Å². The Hall–Kier alpha value is -1.55. The number of benzene rings is 1. The highest BCUT2D eigenvalue weighted by molar-refractivity contribution is 6.29. The van der Waals surface area contributed by atoms with Crippen LogP contribution < -0.4 is 11.1 Å². The van der Waals surface area contributed by atoms with Crippen LogP contribution in [0.4, 0.5) is 10.1 Å². The number of anilines is 1. The first-order valence-corrected chi connectivity index (χ1v) is 4.55. The van der Waals surface area contributed by atoms with E-state index in [1.807, 2.05) is 0 Å². The highest BCUT2D eigenvalue weighted by Gasteiger charge is 2.07. The third kappa shape index (κ3) is 3.25. The lowest BCUT2D eigenvalue weighted by atomic mass is 10.2. The maximum absolute atomic E-state index is 12.8. The molecule has 1 amide bonds. The molecule has 0 fully saturated rings. The Balaban J connectivity index is 2.74. The van der Waals surface area contributed by atoms with Gasteiger partial charge in [-0.15, -0.1) is 0 Å². The quantitative estimate of drug-likeness (QED) is 0.777. The van der Waals surface area contributed by atoms with Crippen LogP contribution in [-0.4, -0.2) is 12.5 Å². The van der Waals surface area contributed by atoms with Crippen molar-refractivity contribution in [3.05, 3.63) is 41.2 Å². The summed E-state index contributed by atoms with van der Waals surface area (Å²) in [5, 5.41) is 2.81. The summed E-state index contributed by atoms with van der Waals surface area (Å²) in [4.78, 5) is 11.4. The monoisotopic (exact) mass is 228 g/mol. The average molecular weight is 229 g/mol. The normalized spacial score (nSPS) is 9.73. The second kappa shape index (κ2) is 4.79. The van der Waals surface area contributed by atoms with Crippen molar-refractivity contribution < 1.29 is 9.18 Å². The number of carbonyl (C=O) groups excluding carboxylic acids is 1. The summed E-state index contributed by atoms with van der Waals surface area (Å²) < 4.78 is 12.8. The van der Waals surface area contributed by atoms with E-state index in [-0.39, 0.29) is 23.7 Å². The van der Waals surface area contributed by atoms with Crippen LogP contribution >= 0.6 is 11.6 Å². The zero-order valence-electron chi connectivity index (χ0n) is 7.89. The first-order chi connectivity index (χ1) is 7.00. The fourth-order valence-corrected chi connectivity index (χ4v) is 1.03. The van der Waals surface area contributed by atoms with Gasteiger partial charge in [0.05, 0.1) is 12.2 Å². The van der Waals surface area contributed by atoms with E-state index in [2.05, 4.69) is 11.9 Å². The Bertz CT molecular complexity index is 406. The molecule has 0 spiro atoms. The van der Waals surface area contributed by atoms with Gasteiger partial charge in [0.25, 0.3) is 5.91 Å². The summed E-state index contributed by atoms with van der Waals surface area (Å²) in [5.41, 5.74) is 5.54. The molecule has 1 rings (SSSR count). The highest BCUT2D eigenvalue weighted by Crippen LogP contribution is 2.12. The molecule has 0 unspecified atom stereocenters. The molecular weight excluding hydrogens is 219 g/mol. The molecule has 0 atom stereocenters. The van der Waals surface area contributed by atoms with Crippen LogP contribution in [0.2, 0.25) is 0 Å². The predicted octanol–water partition coefficient (Wildman–Crippen LogP) is 1.89. The van der Waals surface area contributed by atoms with Crippen molar-refractivity contribution in [3.8, 4) is 0 Å². The first-order valence-electron chi connectivity index (χ1n) is 4.17. The van der Waals surface area contributed by atoms with Gasteiger partial charge in [0.2, 0.25) is 0 Å². The summed E-state index contributed by atoms with van der Waals surface area (Å²) in [5.74, 6) is -0.920. The SMILES string of the molecule is C=C(Cl)CNC(=O)c1ccc(F)c(N)c1. The zero-order chi connectivity index (χ0) is 11.4. The molecule has 0 aliphatic carbocycles. The molecule has 0 saturated carbocycles. The molecule has 3 nitrogen and oxygen atoms in total. The van der Waals surface area contributed by atoms with Crippen molar-refractivity contribution in [2.24, 2.45) is 0 Å².